The Morgan fingerprint density at radius 3 is 2.71 bits per heavy atom. The summed E-state index contributed by atoms with van der Waals surface area (Å²) in [5.41, 5.74) is 4.50. The van der Waals surface area contributed by atoms with E-state index < -0.39 is 0 Å². The first-order chi connectivity index (χ1) is 11.6. The van der Waals surface area contributed by atoms with E-state index in [1.807, 2.05) is 43.3 Å². The Labute approximate surface area is 139 Å². The highest BCUT2D eigenvalue weighted by molar-refractivity contribution is 5.94. The Kier molecular flexibility index (Phi) is 3.19. The molecular formula is C18H17N3O3. The van der Waals surface area contributed by atoms with Crippen LogP contribution in [0, 0.1) is 0 Å². The standard InChI is InChI=1S/C18H17N3O3/c1-10-13-8-14-15(9-16(13)21(2)18(22)24-10)20-17(19-14)11-4-6-12(23-3)7-5-11/h4-10H,1-3H3,(H,19,20). The molecule has 3 aromatic rings. The molecule has 1 aliphatic rings. The number of ether oxygens (including phenoxy) is 2. The molecule has 2 heterocycles. The maximum absolute atomic E-state index is 11.9. The Morgan fingerprint density at radius 1 is 1.25 bits per heavy atom. The van der Waals surface area contributed by atoms with Crippen LogP contribution in [0.25, 0.3) is 22.4 Å². The highest BCUT2D eigenvalue weighted by Crippen LogP contribution is 2.36. The lowest BCUT2D eigenvalue weighted by Crippen LogP contribution is -2.33. The van der Waals surface area contributed by atoms with Gasteiger partial charge in [0.1, 0.15) is 17.7 Å². The monoisotopic (exact) mass is 323 g/mol. The summed E-state index contributed by atoms with van der Waals surface area (Å²) in [5.74, 6) is 1.58. The number of carbonyl (C=O) groups is 1. The van der Waals surface area contributed by atoms with Crippen molar-refractivity contribution in [2.75, 3.05) is 19.1 Å². The van der Waals surface area contributed by atoms with Gasteiger partial charge in [-0.3, -0.25) is 4.90 Å². The smallest absolute Gasteiger partial charge is 0.414 e. The molecule has 1 unspecified atom stereocenters. The van der Waals surface area contributed by atoms with Crippen LogP contribution in [0.4, 0.5) is 10.5 Å². The van der Waals surface area contributed by atoms with Gasteiger partial charge in [0.2, 0.25) is 0 Å². The molecule has 24 heavy (non-hydrogen) atoms. The minimum absolute atomic E-state index is 0.277. The summed E-state index contributed by atoms with van der Waals surface area (Å²) in [5, 5.41) is 0. The van der Waals surface area contributed by atoms with Gasteiger partial charge in [-0.05, 0) is 43.3 Å². The van der Waals surface area contributed by atoms with Crippen LogP contribution < -0.4 is 9.64 Å². The van der Waals surface area contributed by atoms with E-state index in [-0.39, 0.29) is 12.2 Å². The minimum Gasteiger partial charge on any atom is -0.497 e. The fourth-order valence-corrected chi connectivity index (χ4v) is 2.96. The molecule has 0 saturated heterocycles. The van der Waals surface area contributed by atoms with Crippen molar-refractivity contribution in [2.24, 2.45) is 0 Å². The van der Waals surface area contributed by atoms with Crippen LogP contribution in [0.1, 0.15) is 18.6 Å². The first-order valence-electron chi connectivity index (χ1n) is 7.69. The molecule has 1 amide bonds. The average Bonchev–Trinajstić information content (AvgIpc) is 3.01. The molecule has 1 aromatic heterocycles. The van der Waals surface area contributed by atoms with Gasteiger partial charge in [0.25, 0.3) is 0 Å². The number of carbonyl (C=O) groups excluding carboxylic acids is 1. The van der Waals surface area contributed by atoms with Gasteiger partial charge < -0.3 is 14.5 Å². The predicted octanol–water partition coefficient (Wildman–Crippen LogP) is 3.89. The number of benzene rings is 2. The van der Waals surface area contributed by atoms with Gasteiger partial charge in [-0.1, -0.05) is 0 Å². The molecule has 1 N–H and O–H groups in total. The molecule has 4 rings (SSSR count). The number of H-pyrrole nitrogens is 1. The number of fused-ring (bicyclic) bond motifs is 2. The molecule has 6 nitrogen and oxygen atoms in total. The number of imidazole rings is 1. The normalized spacial score (nSPS) is 16.9. The van der Waals surface area contributed by atoms with Crippen molar-refractivity contribution in [3.63, 3.8) is 0 Å². The van der Waals surface area contributed by atoms with Gasteiger partial charge in [-0.15, -0.1) is 0 Å². The third kappa shape index (κ3) is 2.19. The van der Waals surface area contributed by atoms with E-state index in [1.54, 1.807) is 14.2 Å². The summed E-state index contributed by atoms with van der Waals surface area (Å²) in [6.45, 7) is 1.87. The number of anilines is 1. The Bertz CT molecular complexity index is 931. The number of rotatable bonds is 2. The van der Waals surface area contributed by atoms with Gasteiger partial charge in [-0.2, -0.15) is 0 Å². The summed E-state index contributed by atoms with van der Waals surface area (Å²) in [7, 11) is 3.34. The SMILES string of the molecule is COc1ccc(-c2nc3cc4c(cc3[nH]2)C(C)OC(=O)N4C)cc1. The lowest BCUT2D eigenvalue weighted by molar-refractivity contribution is 0.109. The molecule has 0 aliphatic carbocycles. The lowest BCUT2D eigenvalue weighted by Gasteiger charge is -2.29. The second kappa shape index (κ2) is 5.26. The molecule has 0 radical (unpaired) electrons. The zero-order chi connectivity index (χ0) is 16.8. The number of hydrogen-bond donors (Lipinski definition) is 1. The van der Waals surface area contributed by atoms with Crippen molar-refractivity contribution in [2.45, 2.75) is 13.0 Å². The van der Waals surface area contributed by atoms with Gasteiger partial charge in [0.15, 0.2) is 0 Å². The van der Waals surface area contributed by atoms with E-state index in [4.69, 9.17) is 9.47 Å². The Balaban J connectivity index is 1.82. The largest absolute Gasteiger partial charge is 0.497 e. The summed E-state index contributed by atoms with van der Waals surface area (Å²) in [4.78, 5) is 21.4. The maximum atomic E-state index is 11.9. The molecule has 1 aliphatic heterocycles. The van der Waals surface area contributed by atoms with Crippen molar-refractivity contribution in [1.29, 1.82) is 0 Å². The topological polar surface area (TPSA) is 67.5 Å². The van der Waals surface area contributed by atoms with Crippen LogP contribution >= 0.6 is 0 Å². The predicted molar refractivity (Wildman–Crippen MR) is 91.4 cm³/mol. The molecule has 6 heteroatoms. The molecule has 122 valence electrons. The Hall–Kier alpha value is -3.02. The number of nitrogens with one attached hydrogen (secondary N) is 1. The molecule has 1 atom stereocenters. The lowest BCUT2D eigenvalue weighted by atomic mass is 10.1. The van der Waals surface area contributed by atoms with E-state index in [0.717, 1.165) is 39.4 Å². The van der Waals surface area contributed by atoms with Crippen LogP contribution in [-0.4, -0.2) is 30.2 Å². The van der Waals surface area contributed by atoms with E-state index in [2.05, 4.69) is 9.97 Å². The van der Waals surface area contributed by atoms with Crippen molar-refractivity contribution < 1.29 is 14.3 Å². The first kappa shape index (κ1) is 14.6. The van der Waals surface area contributed by atoms with Gasteiger partial charge in [-0.25, -0.2) is 9.78 Å². The van der Waals surface area contributed by atoms with Crippen molar-refractivity contribution >= 4 is 22.8 Å². The number of cyclic esters (lactones) is 1. The highest BCUT2D eigenvalue weighted by Gasteiger charge is 2.28. The van der Waals surface area contributed by atoms with Crippen LogP contribution in [0.2, 0.25) is 0 Å². The zero-order valence-corrected chi connectivity index (χ0v) is 13.7. The molecule has 0 bridgehead atoms. The molecule has 2 aromatic carbocycles. The van der Waals surface area contributed by atoms with Crippen LogP contribution in [-0.2, 0) is 4.74 Å². The second-order valence-corrected chi connectivity index (χ2v) is 5.83. The summed E-state index contributed by atoms with van der Waals surface area (Å²) in [6.07, 6.45) is -0.624. The highest BCUT2D eigenvalue weighted by atomic mass is 16.6. The number of nitrogens with zero attached hydrogens (tertiary/aromatic N) is 2. The van der Waals surface area contributed by atoms with Crippen molar-refractivity contribution in [1.82, 2.24) is 9.97 Å². The van der Waals surface area contributed by atoms with E-state index >= 15 is 0 Å². The maximum Gasteiger partial charge on any atom is 0.414 e. The number of methoxy groups -OCH3 is 1. The number of amides is 1. The van der Waals surface area contributed by atoms with E-state index in [0.29, 0.717) is 0 Å². The van der Waals surface area contributed by atoms with Crippen LogP contribution in [0.3, 0.4) is 0 Å². The van der Waals surface area contributed by atoms with Crippen molar-refractivity contribution in [3.8, 4) is 17.1 Å². The number of aromatic amines is 1. The molecule has 0 fully saturated rings. The molecular weight excluding hydrogens is 306 g/mol. The molecule has 0 saturated carbocycles. The first-order valence-corrected chi connectivity index (χ1v) is 7.69. The third-order valence-electron chi connectivity index (χ3n) is 4.34. The Morgan fingerprint density at radius 2 is 2.00 bits per heavy atom. The summed E-state index contributed by atoms with van der Waals surface area (Å²) in [6, 6.07) is 11.6. The van der Waals surface area contributed by atoms with Crippen LogP contribution in [0.5, 0.6) is 5.75 Å². The van der Waals surface area contributed by atoms with Crippen molar-refractivity contribution in [3.05, 3.63) is 42.0 Å². The van der Waals surface area contributed by atoms with Crippen LogP contribution in [0.15, 0.2) is 36.4 Å². The summed E-state index contributed by atoms with van der Waals surface area (Å²) < 4.78 is 10.5. The van der Waals surface area contributed by atoms with Gasteiger partial charge in [0, 0.05) is 18.2 Å². The quantitative estimate of drug-likeness (QED) is 0.777. The van der Waals surface area contributed by atoms with Gasteiger partial charge >= 0.3 is 6.09 Å². The van der Waals surface area contributed by atoms with E-state index in [9.17, 15) is 4.79 Å². The minimum atomic E-state index is -0.347. The summed E-state index contributed by atoms with van der Waals surface area (Å²) >= 11 is 0. The zero-order valence-electron chi connectivity index (χ0n) is 13.7. The number of hydrogen-bond acceptors (Lipinski definition) is 4. The fraction of sp³-hybridized carbons (Fsp3) is 0.222. The molecule has 0 spiro atoms. The second-order valence-electron chi connectivity index (χ2n) is 5.83. The third-order valence-corrected chi connectivity index (χ3v) is 4.34. The fourth-order valence-electron chi connectivity index (χ4n) is 2.96. The number of aromatic nitrogens is 2. The van der Waals surface area contributed by atoms with E-state index in [1.165, 1.54) is 4.90 Å². The van der Waals surface area contributed by atoms with Gasteiger partial charge in [0.05, 0.1) is 23.8 Å². The average molecular weight is 323 g/mol.